The van der Waals surface area contributed by atoms with Crippen LogP contribution in [0.25, 0.3) is 0 Å². The Kier molecular flexibility index (Phi) is 7.76. The zero-order valence-electron chi connectivity index (χ0n) is 16.7. The molecule has 1 unspecified atom stereocenters. The van der Waals surface area contributed by atoms with Crippen LogP contribution in [0.15, 0.2) is 53.5 Å². The highest BCUT2D eigenvalue weighted by atomic mass is 16.6. The second-order valence-electron chi connectivity index (χ2n) is 6.97. The van der Waals surface area contributed by atoms with Gasteiger partial charge in [0.05, 0.1) is 22.2 Å². The van der Waals surface area contributed by atoms with Crippen LogP contribution >= 0.6 is 0 Å². The largest absolute Gasteiger partial charge is 0.473 e. The minimum Gasteiger partial charge on any atom is -0.473 e. The molecule has 2 N–H and O–H groups in total. The molecule has 1 heterocycles. The van der Waals surface area contributed by atoms with Crippen molar-refractivity contribution >= 4 is 23.3 Å². The quantitative estimate of drug-likeness (QED) is 0.437. The van der Waals surface area contributed by atoms with Crippen LogP contribution in [0.3, 0.4) is 0 Å². The third-order valence-corrected chi connectivity index (χ3v) is 4.49. The average molecular weight is 413 g/mol. The lowest BCUT2D eigenvalue weighted by Gasteiger charge is -2.24. The number of fused-ring (bicyclic) bond motifs is 1. The number of aliphatic carboxylic acids is 2. The number of nitro benzene ring substituents is 1. The topological polar surface area (TPSA) is 133 Å². The van der Waals surface area contributed by atoms with E-state index in [0.29, 0.717) is 5.56 Å². The van der Waals surface area contributed by atoms with Crippen LogP contribution in [-0.4, -0.2) is 64.4 Å². The molecule has 0 aromatic heterocycles. The fraction of sp³-hybridized carbons (Fsp3) is 0.286. The highest BCUT2D eigenvalue weighted by Crippen LogP contribution is 2.29. The summed E-state index contributed by atoms with van der Waals surface area (Å²) >= 11 is 0. The molecule has 3 rings (SSSR count). The van der Waals surface area contributed by atoms with Crippen molar-refractivity contribution in [3.63, 3.8) is 0 Å². The van der Waals surface area contributed by atoms with E-state index >= 15 is 0 Å². The summed E-state index contributed by atoms with van der Waals surface area (Å²) in [7, 11) is 4.09. The van der Waals surface area contributed by atoms with Crippen molar-refractivity contribution in [3.8, 4) is 0 Å². The number of rotatable bonds is 5. The van der Waals surface area contributed by atoms with E-state index in [-0.39, 0.29) is 16.7 Å². The average Bonchev–Trinajstić information content (AvgIpc) is 2.72. The van der Waals surface area contributed by atoms with Gasteiger partial charge in [-0.15, -0.1) is 0 Å². The number of hydrogen-bond acceptors (Lipinski definition) is 6. The number of nitrogens with zero attached hydrogens (tertiary/aromatic N) is 3. The Labute approximate surface area is 173 Å². The number of benzene rings is 2. The molecule has 0 saturated heterocycles. The Balaban J connectivity index is 0.000000469. The zero-order chi connectivity index (χ0) is 22.3. The monoisotopic (exact) mass is 413 g/mol. The van der Waals surface area contributed by atoms with Crippen LogP contribution in [0.1, 0.15) is 23.1 Å². The van der Waals surface area contributed by atoms with E-state index in [1.54, 1.807) is 18.2 Å². The molecule has 1 atom stereocenters. The van der Waals surface area contributed by atoms with Gasteiger partial charge in [-0.1, -0.05) is 36.4 Å². The molecule has 0 bridgehead atoms. The number of hydrogen-bond donors (Lipinski definition) is 2. The van der Waals surface area contributed by atoms with Crippen LogP contribution < -0.4 is 0 Å². The van der Waals surface area contributed by atoms with Gasteiger partial charge in [0.25, 0.3) is 5.69 Å². The SMILES string of the molecule is CN(C)CCC1Cc2ccccc2C(c2ccccc2[N+](=O)[O-])=N1.O=C(O)C(=O)O. The number of para-hydroxylation sites is 1. The molecule has 0 fully saturated rings. The normalized spacial score (nSPS) is 14.8. The van der Waals surface area contributed by atoms with Crippen molar-refractivity contribution in [2.75, 3.05) is 20.6 Å². The first-order chi connectivity index (χ1) is 14.2. The summed E-state index contributed by atoms with van der Waals surface area (Å²) in [5.41, 5.74) is 3.68. The fourth-order valence-corrected chi connectivity index (χ4v) is 3.10. The second kappa shape index (κ2) is 10.3. The molecule has 9 heteroatoms. The van der Waals surface area contributed by atoms with Gasteiger partial charge in [-0.3, -0.25) is 15.1 Å². The summed E-state index contributed by atoms with van der Waals surface area (Å²) in [6.07, 6.45) is 1.82. The van der Waals surface area contributed by atoms with Crippen molar-refractivity contribution < 1.29 is 24.7 Å². The molecule has 2 aromatic carbocycles. The van der Waals surface area contributed by atoms with E-state index in [1.807, 2.05) is 38.4 Å². The standard InChI is InChI=1S/C19H21N3O2.C2H2O4/c1-21(2)12-11-15-13-14-7-3-4-8-16(14)19(20-15)17-9-5-6-10-18(17)22(23)24;3-1(4)2(5)6/h3-10,15H,11-13H2,1-2H3;(H,3,4)(H,5,6). The summed E-state index contributed by atoms with van der Waals surface area (Å²) in [5.74, 6) is -3.65. The Hall–Kier alpha value is -3.59. The lowest BCUT2D eigenvalue weighted by atomic mass is 9.89. The predicted molar refractivity (Wildman–Crippen MR) is 111 cm³/mol. The number of aliphatic imine (C=N–C) groups is 1. The summed E-state index contributed by atoms with van der Waals surface area (Å²) in [6.45, 7) is 0.945. The molecule has 0 aliphatic carbocycles. The van der Waals surface area contributed by atoms with Crippen LogP contribution in [-0.2, 0) is 16.0 Å². The van der Waals surface area contributed by atoms with E-state index in [9.17, 15) is 10.1 Å². The lowest BCUT2D eigenvalue weighted by Crippen LogP contribution is -2.26. The van der Waals surface area contributed by atoms with Gasteiger partial charge in [0.2, 0.25) is 0 Å². The molecule has 30 heavy (non-hydrogen) atoms. The Bertz CT molecular complexity index is 959. The van der Waals surface area contributed by atoms with E-state index in [2.05, 4.69) is 11.0 Å². The van der Waals surface area contributed by atoms with E-state index in [1.165, 1.54) is 5.56 Å². The van der Waals surface area contributed by atoms with Crippen molar-refractivity contribution in [2.45, 2.75) is 18.9 Å². The zero-order valence-corrected chi connectivity index (χ0v) is 16.7. The molecular weight excluding hydrogens is 390 g/mol. The summed E-state index contributed by atoms with van der Waals surface area (Å²) in [6, 6.07) is 15.1. The van der Waals surface area contributed by atoms with Gasteiger partial charge in [-0.2, -0.15) is 0 Å². The van der Waals surface area contributed by atoms with Gasteiger partial charge in [0.15, 0.2) is 0 Å². The Morgan fingerprint density at radius 1 is 1.07 bits per heavy atom. The maximum atomic E-state index is 11.4. The second-order valence-corrected chi connectivity index (χ2v) is 6.97. The first-order valence-corrected chi connectivity index (χ1v) is 9.21. The molecule has 0 amide bonds. The van der Waals surface area contributed by atoms with E-state index in [0.717, 1.165) is 30.7 Å². The maximum Gasteiger partial charge on any atom is 0.414 e. The first kappa shape index (κ1) is 22.7. The predicted octanol–water partition coefficient (Wildman–Crippen LogP) is 2.46. The van der Waals surface area contributed by atoms with Gasteiger partial charge in [0, 0.05) is 11.6 Å². The molecule has 9 nitrogen and oxygen atoms in total. The maximum absolute atomic E-state index is 11.4. The van der Waals surface area contributed by atoms with Crippen LogP contribution in [0.5, 0.6) is 0 Å². The summed E-state index contributed by atoms with van der Waals surface area (Å²) in [4.78, 5) is 36.3. The third kappa shape index (κ3) is 5.95. The summed E-state index contributed by atoms with van der Waals surface area (Å²) < 4.78 is 0. The Morgan fingerprint density at radius 3 is 2.20 bits per heavy atom. The van der Waals surface area contributed by atoms with Crippen molar-refractivity contribution in [1.82, 2.24) is 4.90 Å². The smallest absolute Gasteiger partial charge is 0.414 e. The molecule has 2 aromatic rings. The number of nitro groups is 1. The minimum absolute atomic E-state index is 0.110. The van der Waals surface area contributed by atoms with Gasteiger partial charge < -0.3 is 15.1 Å². The van der Waals surface area contributed by atoms with E-state index in [4.69, 9.17) is 24.8 Å². The molecule has 0 saturated carbocycles. The van der Waals surface area contributed by atoms with Crippen molar-refractivity contribution in [1.29, 1.82) is 0 Å². The molecule has 1 aliphatic rings. The van der Waals surface area contributed by atoms with Crippen molar-refractivity contribution in [2.24, 2.45) is 4.99 Å². The van der Waals surface area contributed by atoms with Crippen LogP contribution in [0.2, 0.25) is 0 Å². The molecule has 0 spiro atoms. The van der Waals surface area contributed by atoms with Crippen LogP contribution in [0, 0.1) is 10.1 Å². The lowest BCUT2D eigenvalue weighted by molar-refractivity contribution is -0.385. The Morgan fingerprint density at radius 2 is 1.63 bits per heavy atom. The fourth-order valence-electron chi connectivity index (χ4n) is 3.10. The highest BCUT2D eigenvalue weighted by Gasteiger charge is 2.26. The minimum atomic E-state index is -1.82. The number of carbonyl (C=O) groups is 2. The van der Waals surface area contributed by atoms with Crippen LogP contribution in [0.4, 0.5) is 5.69 Å². The number of carboxylic acids is 2. The van der Waals surface area contributed by atoms with Gasteiger partial charge in [-0.25, -0.2) is 9.59 Å². The van der Waals surface area contributed by atoms with Gasteiger partial charge in [0.1, 0.15) is 0 Å². The number of carboxylic acid groups (broad SMARTS) is 2. The van der Waals surface area contributed by atoms with Crippen molar-refractivity contribution in [3.05, 3.63) is 75.3 Å². The molecule has 0 radical (unpaired) electrons. The van der Waals surface area contributed by atoms with E-state index < -0.39 is 11.9 Å². The molecular formula is C21H23N3O6. The first-order valence-electron chi connectivity index (χ1n) is 9.21. The highest BCUT2D eigenvalue weighted by molar-refractivity contribution is 6.27. The third-order valence-electron chi connectivity index (χ3n) is 4.49. The van der Waals surface area contributed by atoms with Gasteiger partial charge >= 0.3 is 11.9 Å². The molecule has 1 aliphatic heterocycles. The summed E-state index contributed by atoms with van der Waals surface area (Å²) in [5, 5.41) is 26.2. The van der Waals surface area contributed by atoms with Gasteiger partial charge in [-0.05, 0) is 45.1 Å². The molecule has 158 valence electrons.